The summed E-state index contributed by atoms with van der Waals surface area (Å²) in [5.41, 5.74) is 9.64. The van der Waals surface area contributed by atoms with Crippen LogP contribution >= 0.6 is 0 Å². The molecule has 0 spiro atoms. The molecule has 0 bridgehead atoms. The molecule has 36 heavy (non-hydrogen) atoms. The summed E-state index contributed by atoms with van der Waals surface area (Å²) in [4.78, 5) is 17.6. The molecule has 0 unspecified atom stereocenters. The summed E-state index contributed by atoms with van der Waals surface area (Å²) in [5, 5.41) is 11.1. The number of aromatic nitrogens is 2. The van der Waals surface area contributed by atoms with Gasteiger partial charge in [-0.2, -0.15) is 10.2 Å². The molecule has 2 aromatic carbocycles. The van der Waals surface area contributed by atoms with Crippen molar-refractivity contribution >= 4 is 17.3 Å². The predicted molar refractivity (Wildman–Crippen MR) is 140 cm³/mol. The van der Waals surface area contributed by atoms with Gasteiger partial charge in [-0.3, -0.25) is 14.9 Å². The average Bonchev–Trinajstić information content (AvgIpc) is 3.36. The minimum absolute atomic E-state index is 0.259. The molecule has 1 amide bonds. The van der Waals surface area contributed by atoms with E-state index in [4.69, 9.17) is 14.5 Å². The Labute approximate surface area is 210 Å². The third kappa shape index (κ3) is 4.51. The Morgan fingerprint density at radius 1 is 1.08 bits per heavy atom. The van der Waals surface area contributed by atoms with Crippen LogP contribution in [0.2, 0.25) is 0 Å². The van der Waals surface area contributed by atoms with Crippen LogP contribution < -0.4 is 14.9 Å². The van der Waals surface area contributed by atoms with Crippen molar-refractivity contribution in [1.29, 1.82) is 0 Å². The summed E-state index contributed by atoms with van der Waals surface area (Å²) >= 11 is 0. The lowest BCUT2D eigenvalue weighted by molar-refractivity contribution is 0.0950. The Morgan fingerprint density at radius 3 is 2.61 bits per heavy atom. The number of carbonyl (C=O) groups is 1. The van der Waals surface area contributed by atoms with Crippen molar-refractivity contribution in [2.75, 3.05) is 14.2 Å². The molecule has 186 valence electrons. The zero-order valence-electron chi connectivity index (χ0n) is 21.1. The van der Waals surface area contributed by atoms with Crippen LogP contribution in [-0.2, 0) is 0 Å². The first kappa shape index (κ1) is 23.8. The third-order valence-corrected chi connectivity index (χ3v) is 7.05. The van der Waals surface area contributed by atoms with Crippen LogP contribution in [0, 0.1) is 6.92 Å². The number of nitrogens with zero attached hydrogens (tertiary/aromatic N) is 3. The molecule has 1 saturated carbocycles. The quantitative estimate of drug-likeness (QED) is 0.388. The fraction of sp³-hybridized carbons (Fsp3) is 0.357. The smallest absolute Gasteiger partial charge is 0.291 e. The molecule has 5 rings (SSSR count). The fourth-order valence-electron chi connectivity index (χ4n) is 5.18. The van der Waals surface area contributed by atoms with Crippen molar-refractivity contribution in [3.05, 3.63) is 76.1 Å². The van der Waals surface area contributed by atoms with Gasteiger partial charge in [-0.05, 0) is 62.1 Å². The van der Waals surface area contributed by atoms with Crippen molar-refractivity contribution in [1.82, 2.24) is 15.6 Å². The van der Waals surface area contributed by atoms with Crippen LogP contribution in [0.1, 0.15) is 77.0 Å². The molecule has 8 heteroatoms. The van der Waals surface area contributed by atoms with Gasteiger partial charge in [-0.25, -0.2) is 5.43 Å². The molecule has 2 aliphatic rings. The van der Waals surface area contributed by atoms with Crippen molar-refractivity contribution in [3.8, 4) is 11.5 Å². The lowest BCUT2D eigenvalue weighted by Crippen LogP contribution is -2.29. The van der Waals surface area contributed by atoms with Gasteiger partial charge in [0, 0.05) is 22.7 Å². The van der Waals surface area contributed by atoms with E-state index < -0.39 is 0 Å². The summed E-state index contributed by atoms with van der Waals surface area (Å²) in [6, 6.07) is 14.3. The Balaban J connectivity index is 1.49. The summed E-state index contributed by atoms with van der Waals surface area (Å²) in [6.07, 6.45) is 4.63. The molecule has 0 radical (unpaired) electrons. The Bertz CT molecular complexity index is 1360. The highest BCUT2D eigenvalue weighted by atomic mass is 16.5. The molecule has 2 heterocycles. The van der Waals surface area contributed by atoms with E-state index in [1.165, 1.54) is 18.4 Å². The first-order valence-corrected chi connectivity index (χ1v) is 12.3. The molecular formula is C28H31N5O3. The highest BCUT2D eigenvalue weighted by Gasteiger charge is 2.34. The fourth-order valence-corrected chi connectivity index (χ4v) is 5.18. The van der Waals surface area contributed by atoms with Crippen LogP contribution in [0.15, 0.2) is 52.6 Å². The third-order valence-electron chi connectivity index (χ3n) is 7.05. The van der Waals surface area contributed by atoms with Crippen LogP contribution in [0.3, 0.4) is 0 Å². The highest BCUT2D eigenvalue weighted by Crippen LogP contribution is 2.44. The Kier molecular flexibility index (Phi) is 6.59. The first-order valence-electron chi connectivity index (χ1n) is 12.3. The maximum absolute atomic E-state index is 12.4. The molecule has 2 N–H and O–H groups in total. The number of fused-ring (bicyclic) bond motifs is 3. The molecule has 1 aliphatic carbocycles. The summed E-state index contributed by atoms with van der Waals surface area (Å²) < 4.78 is 11.3. The van der Waals surface area contributed by atoms with E-state index in [9.17, 15) is 4.79 Å². The van der Waals surface area contributed by atoms with Crippen molar-refractivity contribution in [3.63, 3.8) is 0 Å². The van der Waals surface area contributed by atoms with E-state index in [2.05, 4.69) is 45.0 Å². The van der Waals surface area contributed by atoms with Crippen LogP contribution in [0.5, 0.6) is 11.5 Å². The normalized spacial score (nSPS) is 19.1. The van der Waals surface area contributed by atoms with Gasteiger partial charge in [0.2, 0.25) is 0 Å². The molecule has 0 saturated heterocycles. The SMILES string of the molecule is COc1cc2c(cc1OC)[C@H]1CCCC[C@H]1N=C2c1cccc(C(C)=NNC(=O)c2cc(C)[nH]n2)c1. The largest absolute Gasteiger partial charge is 0.493 e. The van der Waals surface area contributed by atoms with Gasteiger partial charge in [0.15, 0.2) is 17.2 Å². The molecule has 1 aliphatic heterocycles. The van der Waals surface area contributed by atoms with Gasteiger partial charge in [0.05, 0.1) is 31.7 Å². The number of carbonyl (C=O) groups excluding carboxylic acids is 1. The number of hydrazone groups is 1. The first-order chi connectivity index (χ1) is 17.5. The summed E-state index contributed by atoms with van der Waals surface area (Å²) in [6.45, 7) is 3.72. The minimum atomic E-state index is -0.357. The number of rotatable bonds is 6. The number of aryl methyl sites for hydroxylation is 1. The van der Waals surface area contributed by atoms with Crippen LogP contribution in [0.4, 0.5) is 0 Å². The van der Waals surface area contributed by atoms with E-state index in [1.807, 2.05) is 26.0 Å². The molecule has 2 atom stereocenters. The number of nitrogens with one attached hydrogen (secondary N) is 2. The minimum Gasteiger partial charge on any atom is -0.493 e. The van der Waals surface area contributed by atoms with Crippen LogP contribution in [0.25, 0.3) is 0 Å². The number of aliphatic imine (C=N–C) groups is 1. The predicted octanol–water partition coefficient (Wildman–Crippen LogP) is 4.77. The lowest BCUT2D eigenvalue weighted by atomic mass is 9.75. The molecule has 1 aromatic heterocycles. The van der Waals surface area contributed by atoms with Gasteiger partial charge in [0.1, 0.15) is 0 Å². The van der Waals surface area contributed by atoms with E-state index in [-0.39, 0.29) is 11.9 Å². The second-order valence-corrected chi connectivity index (χ2v) is 9.39. The Morgan fingerprint density at radius 2 is 1.86 bits per heavy atom. The van der Waals surface area contributed by atoms with Gasteiger partial charge in [-0.1, -0.05) is 31.0 Å². The summed E-state index contributed by atoms with van der Waals surface area (Å²) in [7, 11) is 3.34. The lowest BCUT2D eigenvalue weighted by Gasteiger charge is -2.35. The van der Waals surface area contributed by atoms with E-state index >= 15 is 0 Å². The second kappa shape index (κ2) is 9.97. The number of amides is 1. The average molecular weight is 486 g/mol. The monoisotopic (exact) mass is 485 g/mol. The van der Waals surface area contributed by atoms with Crippen molar-refractivity contribution < 1.29 is 14.3 Å². The van der Waals surface area contributed by atoms with Gasteiger partial charge >= 0.3 is 0 Å². The van der Waals surface area contributed by atoms with Gasteiger partial charge in [-0.15, -0.1) is 0 Å². The topological polar surface area (TPSA) is 101 Å². The van der Waals surface area contributed by atoms with Gasteiger partial charge < -0.3 is 9.47 Å². The number of methoxy groups -OCH3 is 2. The maximum atomic E-state index is 12.4. The van der Waals surface area contributed by atoms with E-state index in [1.54, 1.807) is 20.3 Å². The number of aromatic amines is 1. The highest BCUT2D eigenvalue weighted by molar-refractivity contribution is 6.16. The second-order valence-electron chi connectivity index (χ2n) is 9.39. The van der Waals surface area contributed by atoms with Crippen molar-refractivity contribution in [2.45, 2.75) is 51.5 Å². The number of ether oxygens (including phenoxy) is 2. The van der Waals surface area contributed by atoms with E-state index in [0.29, 0.717) is 23.1 Å². The summed E-state index contributed by atoms with van der Waals surface area (Å²) in [5.74, 6) is 1.49. The number of hydrogen-bond acceptors (Lipinski definition) is 6. The number of H-pyrrole nitrogens is 1. The molecular weight excluding hydrogens is 454 g/mol. The van der Waals surface area contributed by atoms with Gasteiger partial charge in [0.25, 0.3) is 5.91 Å². The maximum Gasteiger partial charge on any atom is 0.291 e. The Hall–Kier alpha value is -3.94. The molecule has 3 aromatic rings. The zero-order valence-corrected chi connectivity index (χ0v) is 21.1. The molecule has 8 nitrogen and oxygen atoms in total. The van der Waals surface area contributed by atoms with Crippen molar-refractivity contribution in [2.24, 2.45) is 10.1 Å². The van der Waals surface area contributed by atoms with E-state index in [0.717, 1.165) is 46.7 Å². The van der Waals surface area contributed by atoms with Crippen LogP contribution in [-0.4, -0.2) is 47.8 Å². The number of hydrogen-bond donors (Lipinski definition) is 2. The number of benzene rings is 2. The standard InChI is InChI=1S/C28H31N5O3/c1-16-12-24(32-30-16)28(34)33-31-17(2)18-8-7-9-19(13-18)27-22-15-26(36-4)25(35-3)14-21(22)20-10-5-6-11-23(20)29-27/h7-9,12-15,20,23H,5-6,10-11H2,1-4H3,(H,30,32)(H,33,34)/t20-,23-/m1/s1. The molecule has 1 fully saturated rings. The zero-order chi connectivity index (χ0) is 25.2.